The number of rotatable bonds is 4. The second kappa shape index (κ2) is 5.77. The standard InChI is InChI=1S/C12H12ClFN2O2S2/c1-8-11(19-12(13)15-8)20(17,18)16(2)7-9-3-5-10(14)6-4-9/h3-6H,7H2,1-2H3. The Kier molecular flexibility index (Phi) is 4.43. The molecule has 0 atom stereocenters. The monoisotopic (exact) mass is 334 g/mol. The minimum Gasteiger partial charge on any atom is -0.229 e. The first-order chi connectivity index (χ1) is 9.30. The summed E-state index contributed by atoms with van der Waals surface area (Å²) in [6.07, 6.45) is 0. The van der Waals surface area contributed by atoms with Gasteiger partial charge < -0.3 is 0 Å². The molecular weight excluding hydrogens is 323 g/mol. The number of aryl methyl sites for hydroxylation is 1. The molecule has 1 aromatic carbocycles. The fourth-order valence-electron chi connectivity index (χ4n) is 1.66. The molecule has 108 valence electrons. The van der Waals surface area contributed by atoms with Gasteiger partial charge in [0, 0.05) is 13.6 Å². The summed E-state index contributed by atoms with van der Waals surface area (Å²) in [5.41, 5.74) is 1.08. The molecule has 0 amide bonds. The predicted molar refractivity (Wildman–Crippen MR) is 76.9 cm³/mol. The van der Waals surface area contributed by atoms with Crippen LogP contribution in [0.1, 0.15) is 11.3 Å². The van der Waals surface area contributed by atoms with Crippen LogP contribution in [-0.2, 0) is 16.6 Å². The molecule has 0 saturated carbocycles. The summed E-state index contributed by atoms with van der Waals surface area (Å²) in [6.45, 7) is 1.75. The van der Waals surface area contributed by atoms with Crippen molar-refractivity contribution in [1.29, 1.82) is 0 Å². The zero-order valence-corrected chi connectivity index (χ0v) is 13.2. The molecule has 0 aliphatic heterocycles. The minimum atomic E-state index is -3.65. The van der Waals surface area contributed by atoms with Crippen molar-refractivity contribution in [1.82, 2.24) is 9.29 Å². The maximum atomic E-state index is 12.8. The Morgan fingerprint density at radius 1 is 1.35 bits per heavy atom. The zero-order valence-electron chi connectivity index (χ0n) is 10.8. The summed E-state index contributed by atoms with van der Waals surface area (Å²) in [6, 6.07) is 5.69. The zero-order chi connectivity index (χ0) is 14.9. The Labute approximate surface area is 125 Å². The van der Waals surface area contributed by atoms with Gasteiger partial charge in [0.2, 0.25) is 0 Å². The number of hydrogen-bond acceptors (Lipinski definition) is 4. The third kappa shape index (κ3) is 3.17. The van der Waals surface area contributed by atoms with Crippen molar-refractivity contribution in [3.63, 3.8) is 0 Å². The Hall–Kier alpha value is -1.02. The molecule has 1 heterocycles. The van der Waals surface area contributed by atoms with E-state index in [-0.39, 0.29) is 21.0 Å². The van der Waals surface area contributed by atoms with Gasteiger partial charge in [-0.05, 0) is 24.6 Å². The van der Waals surface area contributed by atoms with Gasteiger partial charge in [-0.15, -0.1) is 0 Å². The third-order valence-corrected chi connectivity index (χ3v) is 6.34. The molecule has 0 N–H and O–H groups in total. The molecule has 2 rings (SSSR count). The van der Waals surface area contributed by atoms with E-state index in [4.69, 9.17) is 11.6 Å². The Morgan fingerprint density at radius 3 is 2.45 bits per heavy atom. The van der Waals surface area contributed by atoms with Gasteiger partial charge in [-0.25, -0.2) is 17.8 Å². The van der Waals surface area contributed by atoms with Crippen LogP contribution in [0.15, 0.2) is 28.5 Å². The molecule has 2 aromatic rings. The predicted octanol–water partition coefficient (Wildman–Crippen LogP) is 3.06. The quantitative estimate of drug-likeness (QED) is 0.863. The summed E-state index contributed by atoms with van der Waals surface area (Å²) in [5.74, 6) is -0.357. The average Bonchev–Trinajstić information content (AvgIpc) is 2.72. The molecule has 0 bridgehead atoms. The Morgan fingerprint density at radius 2 is 1.95 bits per heavy atom. The topological polar surface area (TPSA) is 50.3 Å². The second-order valence-corrected chi connectivity index (χ2v) is 8.05. The minimum absolute atomic E-state index is 0.132. The average molecular weight is 335 g/mol. The fourth-order valence-corrected chi connectivity index (χ4v) is 4.75. The highest BCUT2D eigenvalue weighted by Crippen LogP contribution is 2.29. The van der Waals surface area contributed by atoms with Crippen LogP contribution in [0.25, 0.3) is 0 Å². The van der Waals surface area contributed by atoms with E-state index in [1.807, 2.05) is 0 Å². The van der Waals surface area contributed by atoms with E-state index in [1.165, 1.54) is 23.5 Å². The van der Waals surface area contributed by atoms with Gasteiger partial charge in [0.1, 0.15) is 5.82 Å². The molecule has 0 spiro atoms. The van der Waals surface area contributed by atoms with Gasteiger partial charge in [-0.2, -0.15) is 4.31 Å². The maximum Gasteiger partial charge on any atom is 0.254 e. The lowest BCUT2D eigenvalue weighted by molar-refractivity contribution is 0.467. The first-order valence-corrected chi connectivity index (χ1v) is 8.28. The lowest BCUT2D eigenvalue weighted by Gasteiger charge is -2.16. The summed E-state index contributed by atoms with van der Waals surface area (Å²) < 4.78 is 39.1. The lowest BCUT2D eigenvalue weighted by atomic mass is 10.2. The number of nitrogens with zero attached hydrogens (tertiary/aromatic N) is 2. The van der Waals surface area contributed by atoms with E-state index < -0.39 is 10.0 Å². The number of thiazole rings is 1. The number of hydrogen-bond donors (Lipinski definition) is 0. The van der Waals surface area contributed by atoms with Crippen LogP contribution in [0.2, 0.25) is 4.47 Å². The SMILES string of the molecule is Cc1nc(Cl)sc1S(=O)(=O)N(C)Cc1ccc(F)cc1. The molecule has 0 aliphatic rings. The van der Waals surface area contributed by atoms with Crippen LogP contribution in [-0.4, -0.2) is 24.8 Å². The van der Waals surface area contributed by atoms with Crippen LogP contribution in [0.5, 0.6) is 0 Å². The summed E-state index contributed by atoms with van der Waals surface area (Å²) >= 11 is 6.66. The van der Waals surface area contributed by atoms with Gasteiger partial charge in [0.05, 0.1) is 5.69 Å². The normalized spacial score (nSPS) is 12.1. The van der Waals surface area contributed by atoms with Crippen molar-refractivity contribution in [2.45, 2.75) is 17.7 Å². The van der Waals surface area contributed by atoms with E-state index in [0.717, 1.165) is 11.3 Å². The van der Waals surface area contributed by atoms with Crippen LogP contribution in [0.4, 0.5) is 4.39 Å². The van der Waals surface area contributed by atoms with Crippen LogP contribution in [0, 0.1) is 12.7 Å². The summed E-state index contributed by atoms with van der Waals surface area (Å²) in [5, 5.41) is 0. The largest absolute Gasteiger partial charge is 0.254 e. The summed E-state index contributed by atoms with van der Waals surface area (Å²) in [7, 11) is -2.18. The van der Waals surface area contributed by atoms with Crippen molar-refractivity contribution in [2.24, 2.45) is 0 Å². The van der Waals surface area contributed by atoms with Crippen molar-refractivity contribution >= 4 is 33.0 Å². The van der Waals surface area contributed by atoms with E-state index in [9.17, 15) is 12.8 Å². The molecule has 8 heteroatoms. The van der Waals surface area contributed by atoms with Crippen LogP contribution >= 0.6 is 22.9 Å². The first-order valence-electron chi connectivity index (χ1n) is 5.64. The number of aromatic nitrogens is 1. The molecule has 20 heavy (non-hydrogen) atoms. The molecule has 0 fully saturated rings. The van der Waals surface area contributed by atoms with Crippen LogP contribution < -0.4 is 0 Å². The molecule has 0 saturated heterocycles. The highest BCUT2D eigenvalue weighted by atomic mass is 35.5. The maximum absolute atomic E-state index is 12.8. The van der Waals surface area contributed by atoms with Gasteiger partial charge >= 0.3 is 0 Å². The number of halogens is 2. The molecule has 0 radical (unpaired) electrons. The molecule has 0 aliphatic carbocycles. The van der Waals surface area contributed by atoms with Gasteiger partial charge in [0.15, 0.2) is 8.68 Å². The van der Waals surface area contributed by atoms with Crippen molar-refractivity contribution in [2.75, 3.05) is 7.05 Å². The van der Waals surface area contributed by atoms with Crippen molar-refractivity contribution in [3.05, 3.63) is 45.8 Å². The second-order valence-electron chi connectivity index (χ2n) is 4.23. The molecule has 1 aromatic heterocycles. The molecule has 4 nitrogen and oxygen atoms in total. The van der Waals surface area contributed by atoms with E-state index >= 15 is 0 Å². The molecule has 0 unspecified atom stereocenters. The van der Waals surface area contributed by atoms with E-state index in [1.54, 1.807) is 19.1 Å². The van der Waals surface area contributed by atoms with Crippen LogP contribution in [0.3, 0.4) is 0 Å². The Bertz CT molecular complexity index is 714. The third-order valence-electron chi connectivity index (χ3n) is 2.69. The fraction of sp³-hybridized carbons (Fsp3) is 0.250. The van der Waals surface area contributed by atoms with E-state index in [0.29, 0.717) is 11.3 Å². The highest BCUT2D eigenvalue weighted by Gasteiger charge is 2.26. The number of sulfonamides is 1. The van der Waals surface area contributed by atoms with Gasteiger partial charge in [-0.3, -0.25) is 0 Å². The lowest BCUT2D eigenvalue weighted by Crippen LogP contribution is -2.26. The van der Waals surface area contributed by atoms with Crippen molar-refractivity contribution in [3.8, 4) is 0 Å². The molecular formula is C12H12ClFN2O2S2. The Balaban J connectivity index is 2.25. The van der Waals surface area contributed by atoms with Crippen molar-refractivity contribution < 1.29 is 12.8 Å². The smallest absolute Gasteiger partial charge is 0.229 e. The van der Waals surface area contributed by atoms with E-state index in [2.05, 4.69) is 4.98 Å². The first kappa shape index (κ1) is 15.4. The number of benzene rings is 1. The highest BCUT2D eigenvalue weighted by molar-refractivity contribution is 7.91. The summed E-state index contributed by atoms with van der Waals surface area (Å²) in [4.78, 5) is 3.91. The van der Waals surface area contributed by atoms with Gasteiger partial charge in [0.25, 0.3) is 10.0 Å². The van der Waals surface area contributed by atoms with Gasteiger partial charge in [-0.1, -0.05) is 35.1 Å².